The SMILES string of the molecule is C(=Cc1cc2ccc3c4cc5ccccc5cc4ccc3c2s1)c1ccccc1. The molecule has 0 aliphatic heterocycles. The number of benzene rings is 5. The standard InChI is InChI=1S/C28H18S/c1-2-6-19(7-3-1)10-13-24-17-23-12-14-25-26(28(23)29-24)15-11-22-16-20-8-4-5-9-21(20)18-27(22)25/h1-18H. The summed E-state index contributed by atoms with van der Waals surface area (Å²) in [5.41, 5.74) is 1.23. The molecule has 0 saturated carbocycles. The van der Waals surface area contributed by atoms with Crippen LogP contribution in [0.3, 0.4) is 0 Å². The molecular formula is C28H18S. The molecule has 29 heavy (non-hydrogen) atoms. The third kappa shape index (κ3) is 2.83. The number of hydrogen-bond acceptors (Lipinski definition) is 1. The Bertz CT molecular complexity index is 1530. The van der Waals surface area contributed by atoms with Gasteiger partial charge >= 0.3 is 0 Å². The lowest BCUT2D eigenvalue weighted by atomic mass is 9.97. The molecule has 6 aromatic rings. The second-order valence-corrected chi connectivity index (χ2v) is 8.54. The highest BCUT2D eigenvalue weighted by Crippen LogP contribution is 2.37. The first-order chi connectivity index (χ1) is 14.3. The molecule has 0 unspecified atom stereocenters. The molecule has 1 aromatic heterocycles. The molecule has 0 fully saturated rings. The number of fused-ring (bicyclic) bond motifs is 6. The molecule has 0 spiro atoms. The summed E-state index contributed by atoms with van der Waals surface area (Å²) in [6.07, 6.45) is 4.41. The van der Waals surface area contributed by atoms with Crippen molar-refractivity contribution in [2.24, 2.45) is 0 Å². The van der Waals surface area contributed by atoms with Crippen LogP contribution in [0.5, 0.6) is 0 Å². The fourth-order valence-corrected chi connectivity index (χ4v) is 5.26. The first kappa shape index (κ1) is 16.5. The summed E-state index contributed by atoms with van der Waals surface area (Å²) < 4.78 is 1.37. The average molecular weight is 387 g/mol. The smallest absolute Gasteiger partial charge is 0.0427 e. The van der Waals surface area contributed by atoms with Crippen LogP contribution in [-0.4, -0.2) is 0 Å². The lowest BCUT2D eigenvalue weighted by molar-refractivity contribution is 1.67. The molecule has 0 nitrogen and oxygen atoms in total. The van der Waals surface area contributed by atoms with Crippen LogP contribution >= 0.6 is 11.3 Å². The quantitative estimate of drug-likeness (QED) is 0.207. The predicted octanol–water partition coefficient (Wildman–Crippen LogP) is 8.53. The van der Waals surface area contributed by atoms with Gasteiger partial charge in [0.15, 0.2) is 0 Å². The third-order valence-electron chi connectivity index (χ3n) is 5.62. The van der Waals surface area contributed by atoms with Gasteiger partial charge in [-0.2, -0.15) is 0 Å². The highest BCUT2D eigenvalue weighted by atomic mass is 32.1. The summed E-state index contributed by atoms with van der Waals surface area (Å²) in [5.74, 6) is 0. The monoisotopic (exact) mass is 386 g/mol. The minimum atomic E-state index is 1.23. The molecule has 0 N–H and O–H groups in total. The first-order valence-electron chi connectivity index (χ1n) is 9.86. The van der Waals surface area contributed by atoms with Crippen molar-refractivity contribution < 1.29 is 0 Å². The van der Waals surface area contributed by atoms with E-state index in [-0.39, 0.29) is 0 Å². The molecule has 0 amide bonds. The Morgan fingerprint density at radius 1 is 0.483 bits per heavy atom. The van der Waals surface area contributed by atoms with E-state index in [1.165, 1.54) is 52.8 Å². The van der Waals surface area contributed by atoms with Gasteiger partial charge in [0.25, 0.3) is 0 Å². The summed E-state index contributed by atoms with van der Waals surface area (Å²) in [4.78, 5) is 1.29. The molecule has 0 aliphatic carbocycles. The van der Waals surface area contributed by atoms with Crippen molar-refractivity contribution in [3.8, 4) is 0 Å². The lowest BCUT2D eigenvalue weighted by Crippen LogP contribution is -1.80. The Hall–Kier alpha value is -3.42. The van der Waals surface area contributed by atoms with Gasteiger partial charge in [0.05, 0.1) is 0 Å². The van der Waals surface area contributed by atoms with Gasteiger partial charge in [-0.1, -0.05) is 84.9 Å². The fourth-order valence-electron chi connectivity index (χ4n) is 4.17. The maximum Gasteiger partial charge on any atom is 0.0427 e. The van der Waals surface area contributed by atoms with Crippen molar-refractivity contribution in [3.05, 3.63) is 108 Å². The highest BCUT2D eigenvalue weighted by molar-refractivity contribution is 7.20. The van der Waals surface area contributed by atoms with E-state index in [4.69, 9.17) is 0 Å². The van der Waals surface area contributed by atoms with Crippen LogP contribution in [0.25, 0.3) is 54.6 Å². The van der Waals surface area contributed by atoms with Crippen molar-refractivity contribution >= 4 is 65.9 Å². The molecular weight excluding hydrogens is 368 g/mol. The van der Waals surface area contributed by atoms with E-state index in [1.54, 1.807) is 0 Å². The van der Waals surface area contributed by atoms with E-state index >= 15 is 0 Å². The summed E-state index contributed by atoms with van der Waals surface area (Å²) >= 11 is 1.87. The third-order valence-corrected chi connectivity index (χ3v) is 6.77. The summed E-state index contributed by atoms with van der Waals surface area (Å²) in [6, 6.07) is 35.1. The largest absolute Gasteiger partial charge is 0.135 e. The van der Waals surface area contributed by atoms with Gasteiger partial charge in [0.1, 0.15) is 0 Å². The normalized spacial score (nSPS) is 12.0. The van der Waals surface area contributed by atoms with E-state index in [0.717, 1.165) is 0 Å². The first-order valence-corrected chi connectivity index (χ1v) is 10.7. The predicted molar refractivity (Wildman–Crippen MR) is 130 cm³/mol. The zero-order valence-corrected chi connectivity index (χ0v) is 16.6. The van der Waals surface area contributed by atoms with Crippen LogP contribution in [0.1, 0.15) is 10.4 Å². The second-order valence-electron chi connectivity index (χ2n) is 7.46. The summed E-state index contributed by atoms with van der Waals surface area (Å²) in [6.45, 7) is 0. The van der Waals surface area contributed by atoms with Gasteiger partial charge < -0.3 is 0 Å². The Kier molecular flexibility index (Phi) is 3.75. The number of hydrogen-bond donors (Lipinski definition) is 0. The van der Waals surface area contributed by atoms with Crippen molar-refractivity contribution in [2.45, 2.75) is 0 Å². The van der Waals surface area contributed by atoms with Gasteiger partial charge in [0, 0.05) is 15.0 Å². The molecule has 0 atom stereocenters. The number of rotatable bonds is 2. The van der Waals surface area contributed by atoms with Crippen LogP contribution in [0, 0.1) is 0 Å². The van der Waals surface area contributed by atoms with Crippen molar-refractivity contribution in [1.82, 2.24) is 0 Å². The van der Waals surface area contributed by atoms with Crippen LogP contribution in [0.2, 0.25) is 0 Å². The van der Waals surface area contributed by atoms with Crippen molar-refractivity contribution in [2.75, 3.05) is 0 Å². The molecule has 1 heterocycles. The van der Waals surface area contributed by atoms with Crippen LogP contribution in [0.4, 0.5) is 0 Å². The van der Waals surface area contributed by atoms with Gasteiger partial charge in [-0.05, 0) is 62.2 Å². The van der Waals surface area contributed by atoms with Crippen LogP contribution < -0.4 is 0 Å². The minimum Gasteiger partial charge on any atom is -0.135 e. The van der Waals surface area contributed by atoms with Crippen molar-refractivity contribution in [3.63, 3.8) is 0 Å². The van der Waals surface area contributed by atoms with E-state index in [9.17, 15) is 0 Å². The molecule has 0 radical (unpaired) electrons. The second kappa shape index (κ2) is 6.58. The maximum atomic E-state index is 2.34. The van der Waals surface area contributed by atoms with Gasteiger partial charge in [0.2, 0.25) is 0 Å². The fraction of sp³-hybridized carbons (Fsp3) is 0. The van der Waals surface area contributed by atoms with Crippen LogP contribution in [-0.2, 0) is 0 Å². The Morgan fingerprint density at radius 2 is 1.21 bits per heavy atom. The Morgan fingerprint density at radius 3 is 2.07 bits per heavy atom. The Labute approximate surface area is 173 Å². The van der Waals surface area contributed by atoms with Gasteiger partial charge in [-0.25, -0.2) is 0 Å². The highest BCUT2D eigenvalue weighted by Gasteiger charge is 2.08. The molecule has 1 heteroatoms. The van der Waals surface area contributed by atoms with E-state index in [0.29, 0.717) is 0 Å². The summed E-state index contributed by atoms with van der Waals surface area (Å²) in [7, 11) is 0. The molecule has 0 bridgehead atoms. The van der Waals surface area contributed by atoms with Crippen molar-refractivity contribution in [1.29, 1.82) is 0 Å². The lowest BCUT2D eigenvalue weighted by Gasteiger charge is -2.07. The zero-order valence-electron chi connectivity index (χ0n) is 15.8. The summed E-state index contributed by atoms with van der Waals surface area (Å²) in [5, 5.41) is 9.22. The Balaban J connectivity index is 1.55. The molecule has 0 aliphatic rings. The van der Waals surface area contributed by atoms with Gasteiger partial charge in [-0.15, -0.1) is 11.3 Å². The zero-order chi connectivity index (χ0) is 19.2. The average Bonchev–Trinajstić information content (AvgIpc) is 3.20. The van der Waals surface area contributed by atoms with E-state index < -0.39 is 0 Å². The molecule has 6 rings (SSSR count). The van der Waals surface area contributed by atoms with E-state index in [1.807, 2.05) is 11.3 Å². The van der Waals surface area contributed by atoms with Gasteiger partial charge in [-0.3, -0.25) is 0 Å². The molecule has 0 saturated heterocycles. The van der Waals surface area contributed by atoms with E-state index in [2.05, 4.69) is 109 Å². The minimum absolute atomic E-state index is 1.23. The molecule has 5 aromatic carbocycles. The van der Waals surface area contributed by atoms with Crippen LogP contribution in [0.15, 0.2) is 97.1 Å². The topological polar surface area (TPSA) is 0 Å². The molecule has 136 valence electrons. The number of thiophene rings is 1. The maximum absolute atomic E-state index is 2.34.